The van der Waals surface area contributed by atoms with Gasteiger partial charge in [0.2, 0.25) is 5.88 Å². The molecule has 2 aromatic rings. The van der Waals surface area contributed by atoms with Gasteiger partial charge in [-0.15, -0.1) is 0 Å². The van der Waals surface area contributed by atoms with Gasteiger partial charge >= 0.3 is 0 Å². The highest BCUT2D eigenvalue weighted by atomic mass is 16.5. The number of hydrogen-bond acceptors (Lipinski definition) is 3. The molecule has 0 saturated carbocycles. The van der Waals surface area contributed by atoms with Crippen molar-refractivity contribution in [1.29, 1.82) is 0 Å². The topological polar surface area (TPSA) is 35.0 Å². The number of ether oxygens (including phenoxy) is 1. The minimum atomic E-state index is 0.537. The maximum Gasteiger partial charge on any atom is 0.217 e. The van der Waals surface area contributed by atoms with E-state index < -0.39 is 0 Å². The van der Waals surface area contributed by atoms with Crippen LogP contribution < -0.4 is 4.74 Å². The van der Waals surface area contributed by atoms with E-state index in [0.717, 1.165) is 24.2 Å². The van der Waals surface area contributed by atoms with Crippen LogP contribution >= 0.6 is 0 Å². The molecule has 1 aromatic heterocycles. The summed E-state index contributed by atoms with van der Waals surface area (Å²) in [6, 6.07) is 11.9. The second kappa shape index (κ2) is 5.87. The summed E-state index contributed by atoms with van der Waals surface area (Å²) in [7, 11) is 0. The largest absolute Gasteiger partial charge is 0.473 e. The Hall–Kier alpha value is -2.16. The molecule has 102 valence electrons. The van der Waals surface area contributed by atoms with Crippen molar-refractivity contribution in [2.45, 2.75) is 32.8 Å². The SMILES string of the molecule is CC1=C(c2nccc(OCc3ccccc3)n2)CCC1. The van der Waals surface area contributed by atoms with E-state index in [1.54, 1.807) is 6.20 Å². The van der Waals surface area contributed by atoms with Gasteiger partial charge < -0.3 is 4.74 Å². The van der Waals surface area contributed by atoms with Crippen LogP contribution in [-0.4, -0.2) is 9.97 Å². The van der Waals surface area contributed by atoms with Crippen LogP contribution in [0.3, 0.4) is 0 Å². The van der Waals surface area contributed by atoms with Crippen LogP contribution in [0.4, 0.5) is 0 Å². The third kappa shape index (κ3) is 2.87. The van der Waals surface area contributed by atoms with Crippen molar-refractivity contribution in [3.63, 3.8) is 0 Å². The van der Waals surface area contributed by atoms with Crippen molar-refractivity contribution in [3.05, 3.63) is 59.6 Å². The van der Waals surface area contributed by atoms with Crippen LogP contribution in [0.2, 0.25) is 0 Å². The molecule has 1 heterocycles. The fraction of sp³-hybridized carbons (Fsp3) is 0.294. The average Bonchev–Trinajstić information content (AvgIpc) is 2.93. The van der Waals surface area contributed by atoms with E-state index in [1.165, 1.54) is 17.6 Å². The Morgan fingerprint density at radius 2 is 1.95 bits per heavy atom. The van der Waals surface area contributed by atoms with Crippen molar-refractivity contribution in [2.24, 2.45) is 0 Å². The van der Waals surface area contributed by atoms with Gasteiger partial charge in [-0.1, -0.05) is 35.9 Å². The molecule has 3 nitrogen and oxygen atoms in total. The lowest BCUT2D eigenvalue weighted by Gasteiger charge is -2.07. The van der Waals surface area contributed by atoms with Gasteiger partial charge in [0.25, 0.3) is 0 Å². The molecule has 20 heavy (non-hydrogen) atoms. The first kappa shape index (κ1) is 12.9. The Morgan fingerprint density at radius 3 is 2.70 bits per heavy atom. The second-order valence-corrected chi connectivity index (χ2v) is 5.11. The van der Waals surface area contributed by atoms with Crippen LogP contribution in [0.25, 0.3) is 5.57 Å². The van der Waals surface area contributed by atoms with Crippen LogP contribution in [0.5, 0.6) is 5.88 Å². The average molecular weight is 266 g/mol. The van der Waals surface area contributed by atoms with Crippen molar-refractivity contribution in [1.82, 2.24) is 9.97 Å². The zero-order valence-corrected chi connectivity index (χ0v) is 11.7. The van der Waals surface area contributed by atoms with Gasteiger partial charge in [-0.25, -0.2) is 4.98 Å². The molecule has 0 amide bonds. The maximum atomic E-state index is 5.75. The molecule has 0 saturated heterocycles. The third-order valence-electron chi connectivity index (χ3n) is 3.62. The van der Waals surface area contributed by atoms with Crippen LogP contribution in [0.1, 0.15) is 37.6 Å². The molecule has 0 N–H and O–H groups in total. The molecule has 1 aliphatic carbocycles. The molecule has 0 radical (unpaired) electrons. The van der Waals surface area contributed by atoms with E-state index in [0.29, 0.717) is 12.5 Å². The minimum absolute atomic E-state index is 0.537. The molecular weight excluding hydrogens is 248 g/mol. The van der Waals surface area contributed by atoms with Crippen LogP contribution in [0, 0.1) is 0 Å². The zero-order chi connectivity index (χ0) is 13.8. The summed E-state index contributed by atoms with van der Waals surface area (Å²) in [6.45, 7) is 2.71. The van der Waals surface area contributed by atoms with Crippen molar-refractivity contribution in [3.8, 4) is 5.88 Å². The molecule has 0 bridgehead atoms. The highest BCUT2D eigenvalue weighted by Gasteiger charge is 2.15. The first-order chi connectivity index (χ1) is 9.83. The number of benzene rings is 1. The summed E-state index contributed by atoms with van der Waals surface area (Å²) in [5.74, 6) is 1.47. The number of rotatable bonds is 4. The molecule has 0 atom stereocenters. The molecule has 0 unspecified atom stereocenters. The fourth-order valence-corrected chi connectivity index (χ4v) is 2.50. The normalized spacial score (nSPS) is 14.7. The summed E-state index contributed by atoms with van der Waals surface area (Å²) >= 11 is 0. The standard InChI is InChI=1S/C17H18N2O/c1-13-6-5-9-15(13)17-18-11-10-16(19-17)20-12-14-7-3-2-4-8-14/h2-4,7-8,10-11H,5-6,9,12H2,1H3. The third-order valence-corrected chi connectivity index (χ3v) is 3.62. The lowest BCUT2D eigenvalue weighted by atomic mass is 10.1. The van der Waals surface area contributed by atoms with Crippen molar-refractivity contribution in [2.75, 3.05) is 0 Å². The van der Waals surface area contributed by atoms with Crippen molar-refractivity contribution < 1.29 is 4.74 Å². The van der Waals surface area contributed by atoms with Crippen LogP contribution in [0.15, 0.2) is 48.2 Å². The highest BCUT2D eigenvalue weighted by Crippen LogP contribution is 2.31. The number of nitrogens with zero attached hydrogens (tertiary/aromatic N) is 2. The van der Waals surface area contributed by atoms with Crippen LogP contribution in [-0.2, 0) is 6.61 Å². The first-order valence-corrected chi connectivity index (χ1v) is 7.02. The predicted molar refractivity (Wildman–Crippen MR) is 79.3 cm³/mol. The number of hydrogen-bond donors (Lipinski definition) is 0. The smallest absolute Gasteiger partial charge is 0.217 e. The van der Waals surface area contributed by atoms with E-state index in [-0.39, 0.29) is 0 Å². The molecule has 1 aliphatic rings. The van der Waals surface area contributed by atoms with Gasteiger partial charge in [-0.2, -0.15) is 4.98 Å². The quantitative estimate of drug-likeness (QED) is 0.838. The summed E-state index contributed by atoms with van der Waals surface area (Å²) in [6.07, 6.45) is 5.22. The van der Waals surface area contributed by atoms with Gasteiger partial charge in [-0.3, -0.25) is 0 Å². The van der Waals surface area contributed by atoms with Gasteiger partial charge in [0, 0.05) is 12.3 Å². The second-order valence-electron chi connectivity index (χ2n) is 5.11. The van der Waals surface area contributed by atoms with Gasteiger partial charge in [-0.05, 0) is 37.3 Å². The Labute approximate surface area is 119 Å². The molecular formula is C17H18N2O. The zero-order valence-electron chi connectivity index (χ0n) is 11.7. The summed E-state index contributed by atoms with van der Waals surface area (Å²) < 4.78 is 5.75. The summed E-state index contributed by atoms with van der Waals surface area (Å²) in [4.78, 5) is 8.91. The molecule has 1 aromatic carbocycles. The Bertz CT molecular complexity index is 620. The Balaban J connectivity index is 1.73. The van der Waals surface area contributed by atoms with E-state index in [4.69, 9.17) is 4.74 Å². The number of allylic oxidation sites excluding steroid dienone is 2. The Morgan fingerprint density at radius 1 is 1.10 bits per heavy atom. The molecule has 0 aliphatic heterocycles. The molecule has 0 fully saturated rings. The van der Waals surface area contributed by atoms with Crippen molar-refractivity contribution >= 4 is 5.57 Å². The fourth-order valence-electron chi connectivity index (χ4n) is 2.50. The monoisotopic (exact) mass is 266 g/mol. The predicted octanol–water partition coefficient (Wildman–Crippen LogP) is 4.01. The molecule has 0 spiro atoms. The van der Waals surface area contributed by atoms with E-state index in [2.05, 4.69) is 16.9 Å². The van der Waals surface area contributed by atoms with Gasteiger partial charge in [0.15, 0.2) is 5.82 Å². The summed E-state index contributed by atoms with van der Waals surface area (Å²) in [5, 5.41) is 0. The first-order valence-electron chi connectivity index (χ1n) is 7.02. The van der Waals surface area contributed by atoms with Gasteiger partial charge in [0.1, 0.15) is 6.61 Å². The minimum Gasteiger partial charge on any atom is -0.473 e. The lowest BCUT2D eigenvalue weighted by molar-refractivity contribution is 0.293. The summed E-state index contributed by atoms with van der Waals surface area (Å²) in [5.41, 5.74) is 3.84. The van der Waals surface area contributed by atoms with E-state index >= 15 is 0 Å². The van der Waals surface area contributed by atoms with E-state index in [1.807, 2.05) is 36.4 Å². The Kier molecular flexibility index (Phi) is 3.77. The van der Waals surface area contributed by atoms with E-state index in [9.17, 15) is 0 Å². The number of aromatic nitrogens is 2. The maximum absolute atomic E-state index is 5.75. The lowest BCUT2D eigenvalue weighted by Crippen LogP contribution is -2.00. The highest BCUT2D eigenvalue weighted by molar-refractivity contribution is 5.65. The van der Waals surface area contributed by atoms with Gasteiger partial charge in [0.05, 0.1) is 0 Å². The molecule has 3 rings (SSSR count). The molecule has 3 heteroatoms.